The second kappa shape index (κ2) is 3.53. The summed E-state index contributed by atoms with van der Waals surface area (Å²) < 4.78 is 12.6. The maximum absolute atomic E-state index is 12.6. The molecule has 1 heterocycles. The summed E-state index contributed by atoms with van der Waals surface area (Å²) >= 11 is 0. The number of aromatic amines is 2. The lowest BCUT2D eigenvalue weighted by atomic mass is 10.1. The Balaban J connectivity index is 2.65. The van der Waals surface area contributed by atoms with E-state index in [9.17, 15) is 14.0 Å². The predicted octanol–water partition coefficient (Wildman–Crippen LogP) is 0.869. The molecule has 0 amide bonds. The molecular formula is C10H7FN2O2. The van der Waals surface area contributed by atoms with Crippen molar-refractivity contribution in [3.05, 3.63) is 56.9 Å². The van der Waals surface area contributed by atoms with Gasteiger partial charge in [-0.3, -0.25) is 14.7 Å². The highest BCUT2D eigenvalue weighted by atomic mass is 19.1. The van der Waals surface area contributed by atoms with Crippen LogP contribution in [0.1, 0.15) is 0 Å². The first-order valence-electron chi connectivity index (χ1n) is 4.25. The Morgan fingerprint density at radius 2 is 1.73 bits per heavy atom. The standard InChI is InChI=1S/C10H7FN2O2/c11-7-3-1-6(2-4-7)8-5-12-13-10(15)9(8)14/h1-5H,(H,12,14)(H,13,15). The molecule has 0 aliphatic heterocycles. The third-order valence-electron chi connectivity index (χ3n) is 2.01. The molecule has 4 nitrogen and oxygen atoms in total. The van der Waals surface area contributed by atoms with E-state index in [4.69, 9.17) is 0 Å². The van der Waals surface area contributed by atoms with E-state index < -0.39 is 11.0 Å². The Hall–Kier alpha value is -2.17. The Kier molecular flexibility index (Phi) is 2.21. The quantitative estimate of drug-likeness (QED) is 0.680. The van der Waals surface area contributed by atoms with Crippen LogP contribution < -0.4 is 11.0 Å². The van der Waals surface area contributed by atoms with Crippen LogP contribution >= 0.6 is 0 Å². The topological polar surface area (TPSA) is 65.7 Å². The van der Waals surface area contributed by atoms with Crippen LogP contribution in [-0.2, 0) is 0 Å². The van der Waals surface area contributed by atoms with Crippen LogP contribution in [0.5, 0.6) is 0 Å². The summed E-state index contributed by atoms with van der Waals surface area (Å²) in [6.45, 7) is 0. The van der Waals surface area contributed by atoms with Crippen LogP contribution in [0.3, 0.4) is 0 Å². The fraction of sp³-hybridized carbons (Fsp3) is 0. The first kappa shape index (κ1) is 9.39. The number of nitrogens with one attached hydrogen (secondary N) is 2. The lowest BCUT2D eigenvalue weighted by Gasteiger charge is -1.98. The second-order valence-corrected chi connectivity index (χ2v) is 2.99. The Labute approximate surface area is 83.4 Å². The van der Waals surface area contributed by atoms with E-state index in [1.54, 1.807) is 0 Å². The lowest BCUT2D eigenvalue weighted by Crippen LogP contribution is -2.28. The van der Waals surface area contributed by atoms with Crippen molar-refractivity contribution >= 4 is 0 Å². The molecular weight excluding hydrogens is 199 g/mol. The molecule has 0 unspecified atom stereocenters. The first-order chi connectivity index (χ1) is 7.18. The number of hydrogen-bond acceptors (Lipinski definition) is 2. The molecule has 0 aliphatic carbocycles. The minimum absolute atomic E-state index is 0.221. The summed E-state index contributed by atoms with van der Waals surface area (Å²) in [5.74, 6) is -0.389. The first-order valence-corrected chi connectivity index (χ1v) is 4.25. The van der Waals surface area contributed by atoms with Gasteiger partial charge in [-0.25, -0.2) is 4.39 Å². The van der Waals surface area contributed by atoms with Crippen LogP contribution in [-0.4, -0.2) is 10.2 Å². The van der Waals surface area contributed by atoms with Crippen LogP contribution in [0.2, 0.25) is 0 Å². The van der Waals surface area contributed by atoms with Gasteiger partial charge >= 0.3 is 5.56 Å². The summed E-state index contributed by atoms with van der Waals surface area (Å²) in [7, 11) is 0. The fourth-order valence-electron chi connectivity index (χ4n) is 1.26. The Morgan fingerprint density at radius 3 is 2.40 bits per heavy atom. The van der Waals surface area contributed by atoms with Gasteiger partial charge in [-0.15, -0.1) is 0 Å². The summed E-state index contributed by atoms with van der Waals surface area (Å²) in [5, 5.41) is 4.61. The second-order valence-electron chi connectivity index (χ2n) is 2.99. The molecule has 1 aromatic heterocycles. The number of H-pyrrole nitrogens is 2. The Morgan fingerprint density at radius 1 is 1.07 bits per heavy atom. The van der Waals surface area contributed by atoms with Crippen LogP contribution in [0, 0.1) is 5.82 Å². The van der Waals surface area contributed by atoms with E-state index in [1.807, 2.05) is 0 Å². The number of aromatic nitrogens is 2. The molecule has 0 atom stereocenters. The van der Waals surface area contributed by atoms with Crippen LogP contribution in [0.4, 0.5) is 4.39 Å². The molecule has 0 bridgehead atoms. The molecule has 0 spiro atoms. The highest BCUT2D eigenvalue weighted by Gasteiger charge is 2.05. The van der Waals surface area contributed by atoms with E-state index in [1.165, 1.54) is 30.5 Å². The minimum atomic E-state index is -0.725. The van der Waals surface area contributed by atoms with E-state index in [-0.39, 0.29) is 11.4 Å². The maximum atomic E-state index is 12.6. The van der Waals surface area contributed by atoms with Gasteiger partial charge in [0.05, 0.1) is 5.56 Å². The van der Waals surface area contributed by atoms with Gasteiger partial charge in [0, 0.05) is 6.20 Å². The number of halogens is 1. The van der Waals surface area contributed by atoms with Gasteiger partial charge in [-0.1, -0.05) is 12.1 Å². The van der Waals surface area contributed by atoms with Crippen molar-refractivity contribution in [3.63, 3.8) is 0 Å². The lowest BCUT2D eigenvalue weighted by molar-refractivity contribution is 0.628. The van der Waals surface area contributed by atoms with Gasteiger partial charge in [0.25, 0.3) is 5.43 Å². The van der Waals surface area contributed by atoms with Gasteiger partial charge in [0.2, 0.25) is 0 Å². The molecule has 2 rings (SSSR count). The molecule has 1 aromatic carbocycles. The molecule has 0 aliphatic rings. The normalized spacial score (nSPS) is 10.2. The van der Waals surface area contributed by atoms with Gasteiger partial charge < -0.3 is 5.10 Å². The zero-order valence-electron chi connectivity index (χ0n) is 7.58. The molecule has 0 saturated carbocycles. The predicted molar refractivity (Wildman–Crippen MR) is 53.1 cm³/mol. The summed E-state index contributed by atoms with van der Waals surface area (Å²) in [6.07, 6.45) is 1.37. The third kappa shape index (κ3) is 1.71. The van der Waals surface area contributed by atoms with Crippen LogP contribution in [0.15, 0.2) is 40.1 Å². The molecule has 76 valence electrons. The zero-order valence-corrected chi connectivity index (χ0v) is 7.58. The molecule has 5 heteroatoms. The fourth-order valence-corrected chi connectivity index (χ4v) is 1.26. The number of benzene rings is 1. The summed E-state index contributed by atoms with van der Waals surface area (Å²) in [6, 6.07) is 5.35. The number of rotatable bonds is 1. The van der Waals surface area contributed by atoms with Crippen molar-refractivity contribution in [2.24, 2.45) is 0 Å². The smallest absolute Gasteiger partial charge is 0.305 e. The van der Waals surface area contributed by atoms with Gasteiger partial charge in [-0.05, 0) is 17.7 Å². The average molecular weight is 206 g/mol. The van der Waals surface area contributed by atoms with E-state index in [0.717, 1.165) is 0 Å². The Bertz CT molecular complexity index is 583. The van der Waals surface area contributed by atoms with Gasteiger partial charge in [-0.2, -0.15) is 0 Å². The molecule has 2 aromatic rings. The average Bonchev–Trinajstić information content (AvgIpc) is 2.24. The summed E-state index contributed by atoms with van der Waals surface area (Å²) in [4.78, 5) is 22.4. The highest BCUT2D eigenvalue weighted by molar-refractivity contribution is 5.61. The van der Waals surface area contributed by atoms with E-state index >= 15 is 0 Å². The minimum Gasteiger partial charge on any atom is -0.305 e. The van der Waals surface area contributed by atoms with Gasteiger partial charge in [0.1, 0.15) is 5.82 Å². The van der Waals surface area contributed by atoms with Crippen molar-refractivity contribution < 1.29 is 4.39 Å². The SMILES string of the molecule is O=c1[nH][nH]cc(-c2ccc(F)cc2)c1=O. The van der Waals surface area contributed by atoms with Crippen molar-refractivity contribution in [3.8, 4) is 11.1 Å². The zero-order chi connectivity index (χ0) is 10.8. The van der Waals surface area contributed by atoms with Crippen molar-refractivity contribution in [1.29, 1.82) is 0 Å². The van der Waals surface area contributed by atoms with Crippen molar-refractivity contribution in [1.82, 2.24) is 10.2 Å². The van der Waals surface area contributed by atoms with Gasteiger partial charge in [0.15, 0.2) is 0 Å². The third-order valence-corrected chi connectivity index (χ3v) is 2.01. The van der Waals surface area contributed by atoms with Crippen LogP contribution in [0.25, 0.3) is 11.1 Å². The molecule has 0 radical (unpaired) electrons. The van der Waals surface area contributed by atoms with E-state index in [0.29, 0.717) is 5.56 Å². The van der Waals surface area contributed by atoms with Crippen molar-refractivity contribution in [2.75, 3.05) is 0 Å². The number of hydrogen-bond donors (Lipinski definition) is 2. The molecule has 0 saturated heterocycles. The highest BCUT2D eigenvalue weighted by Crippen LogP contribution is 2.13. The molecule has 2 N–H and O–H groups in total. The van der Waals surface area contributed by atoms with E-state index in [2.05, 4.69) is 10.2 Å². The molecule has 0 fully saturated rings. The maximum Gasteiger partial charge on any atom is 0.310 e. The summed E-state index contributed by atoms with van der Waals surface area (Å²) in [5.41, 5.74) is -0.639. The monoisotopic (exact) mass is 206 g/mol. The molecule has 15 heavy (non-hydrogen) atoms. The van der Waals surface area contributed by atoms with Crippen molar-refractivity contribution in [2.45, 2.75) is 0 Å². The largest absolute Gasteiger partial charge is 0.310 e.